The Morgan fingerprint density at radius 1 is 1.26 bits per heavy atom. The van der Waals surface area contributed by atoms with E-state index in [1.54, 1.807) is 28.4 Å². The summed E-state index contributed by atoms with van der Waals surface area (Å²) >= 11 is 1.55. The summed E-state index contributed by atoms with van der Waals surface area (Å²) in [6.45, 7) is 5.21. The van der Waals surface area contributed by atoms with Gasteiger partial charge in [-0.05, 0) is 31.2 Å². The molecule has 5 nitrogen and oxygen atoms in total. The fraction of sp³-hybridized carbons (Fsp3) is 0.375. The Hall–Kier alpha value is -2.15. The number of nitrogens with zero attached hydrogens (tertiary/aromatic N) is 3. The van der Waals surface area contributed by atoms with E-state index in [-0.39, 0.29) is 11.8 Å². The van der Waals surface area contributed by atoms with Crippen LogP contribution in [0.15, 0.2) is 29.6 Å². The van der Waals surface area contributed by atoms with Gasteiger partial charge in [0.05, 0.1) is 6.54 Å². The van der Waals surface area contributed by atoms with Gasteiger partial charge < -0.3 is 15.1 Å². The number of anilines is 1. The predicted molar refractivity (Wildman–Crippen MR) is 89.3 cm³/mol. The van der Waals surface area contributed by atoms with Crippen molar-refractivity contribution < 1.29 is 9.18 Å². The van der Waals surface area contributed by atoms with Crippen LogP contribution in [0.5, 0.6) is 0 Å². The predicted octanol–water partition coefficient (Wildman–Crippen LogP) is 2.62. The smallest absolute Gasteiger partial charge is 0.317 e. The van der Waals surface area contributed by atoms with Crippen molar-refractivity contribution in [2.75, 3.05) is 31.1 Å². The second-order valence-electron chi connectivity index (χ2n) is 5.49. The fourth-order valence-corrected chi connectivity index (χ4v) is 3.28. The molecular formula is C16H19FN4OS. The van der Waals surface area contributed by atoms with Crippen LogP contribution in [0.4, 0.5) is 14.9 Å². The first-order valence-corrected chi connectivity index (χ1v) is 8.44. The number of hydrogen-bond acceptors (Lipinski definition) is 4. The van der Waals surface area contributed by atoms with Crippen LogP contribution in [0.3, 0.4) is 0 Å². The van der Waals surface area contributed by atoms with Gasteiger partial charge in [0.15, 0.2) is 0 Å². The maximum atomic E-state index is 13.0. The van der Waals surface area contributed by atoms with E-state index < -0.39 is 0 Å². The number of thiazole rings is 1. The Morgan fingerprint density at radius 3 is 2.57 bits per heavy atom. The molecule has 23 heavy (non-hydrogen) atoms. The van der Waals surface area contributed by atoms with E-state index in [0.717, 1.165) is 29.5 Å². The summed E-state index contributed by atoms with van der Waals surface area (Å²) in [6.07, 6.45) is 0. The first-order chi connectivity index (χ1) is 11.1. The number of nitrogens with one attached hydrogen (secondary N) is 1. The molecule has 0 saturated carbocycles. The Morgan fingerprint density at radius 2 is 1.96 bits per heavy atom. The van der Waals surface area contributed by atoms with Gasteiger partial charge in [0.25, 0.3) is 0 Å². The van der Waals surface area contributed by atoms with Crippen LogP contribution in [-0.2, 0) is 6.54 Å². The summed E-state index contributed by atoms with van der Waals surface area (Å²) in [5.41, 5.74) is 1.97. The van der Waals surface area contributed by atoms with E-state index in [2.05, 4.69) is 15.2 Å². The van der Waals surface area contributed by atoms with Crippen molar-refractivity contribution >= 4 is 23.1 Å². The number of amides is 2. The first-order valence-electron chi connectivity index (χ1n) is 7.56. The third kappa shape index (κ3) is 3.98. The van der Waals surface area contributed by atoms with Crippen molar-refractivity contribution in [3.8, 4) is 0 Å². The summed E-state index contributed by atoms with van der Waals surface area (Å²) in [6, 6.07) is 6.41. The second kappa shape index (κ2) is 6.95. The molecule has 1 saturated heterocycles. The average Bonchev–Trinajstić information content (AvgIpc) is 2.99. The van der Waals surface area contributed by atoms with Gasteiger partial charge in [-0.2, -0.15) is 0 Å². The lowest BCUT2D eigenvalue weighted by atomic mass is 10.2. The van der Waals surface area contributed by atoms with Gasteiger partial charge in [0, 0.05) is 42.9 Å². The highest BCUT2D eigenvalue weighted by Crippen LogP contribution is 2.17. The molecule has 0 unspecified atom stereocenters. The van der Waals surface area contributed by atoms with Crippen LogP contribution in [0.25, 0.3) is 0 Å². The van der Waals surface area contributed by atoms with Crippen molar-refractivity contribution in [3.63, 3.8) is 0 Å². The zero-order valence-corrected chi connectivity index (χ0v) is 13.8. The monoisotopic (exact) mass is 334 g/mol. The third-order valence-corrected chi connectivity index (χ3v) is 4.78. The maximum Gasteiger partial charge on any atom is 0.317 e. The molecule has 1 aromatic carbocycles. The molecular weight excluding hydrogens is 315 g/mol. The number of aromatic nitrogens is 1. The molecule has 0 bridgehead atoms. The van der Waals surface area contributed by atoms with Gasteiger partial charge in [0.2, 0.25) is 0 Å². The van der Waals surface area contributed by atoms with Gasteiger partial charge in [-0.1, -0.05) is 0 Å². The number of carbonyl (C=O) groups is 1. The molecule has 0 aliphatic carbocycles. The number of benzene rings is 1. The lowest BCUT2D eigenvalue weighted by Crippen LogP contribution is -2.51. The normalized spacial score (nSPS) is 14.9. The Labute approximate surface area is 138 Å². The maximum absolute atomic E-state index is 13.0. The van der Waals surface area contributed by atoms with E-state index in [4.69, 9.17) is 0 Å². The summed E-state index contributed by atoms with van der Waals surface area (Å²) < 4.78 is 13.0. The molecule has 1 aliphatic rings. The largest absolute Gasteiger partial charge is 0.368 e. The first kappa shape index (κ1) is 15.7. The van der Waals surface area contributed by atoms with Crippen LogP contribution in [0.2, 0.25) is 0 Å². The fourth-order valence-electron chi connectivity index (χ4n) is 2.57. The molecule has 1 N–H and O–H groups in total. The Bertz CT molecular complexity index is 665. The summed E-state index contributed by atoms with van der Waals surface area (Å²) in [4.78, 5) is 20.5. The molecule has 122 valence electrons. The number of halogens is 1. The van der Waals surface area contributed by atoms with E-state index >= 15 is 0 Å². The summed E-state index contributed by atoms with van der Waals surface area (Å²) in [5, 5.41) is 5.80. The lowest BCUT2D eigenvalue weighted by Gasteiger charge is -2.36. The van der Waals surface area contributed by atoms with Crippen molar-refractivity contribution in [2.24, 2.45) is 0 Å². The van der Waals surface area contributed by atoms with Gasteiger partial charge in [-0.15, -0.1) is 11.3 Å². The lowest BCUT2D eigenvalue weighted by molar-refractivity contribution is 0.194. The zero-order chi connectivity index (χ0) is 16.2. The zero-order valence-electron chi connectivity index (χ0n) is 13.0. The van der Waals surface area contributed by atoms with E-state index in [1.165, 1.54) is 12.1 Å². The highest BCUT2D eigenvalue weighted by molar-refractivity contribution is 7.09. The molecule has 1 aliphatic heterocycles. The molecule has 2 heterocycles. The van der Waals surface area contributed by atoms with E-state index in [1.807, 2.05) is 12.3 Å². The Kier molecular flexibility index (Phi) is 4.76. The number of carbonyl (C=O) groups excluding carboxylic acids is 1. The van der Waals surface area contributed by atoms with Crippen molar-refractivity contribution in [1.82, 2.24) is 15.2 Å². The SMILES string of the molecule is Cc1csc(CNC(=O)N2CCN(c3ccc(F)cc3)CC2)n1. The van der Waals surface area contributed by atoms with Crippen molar-refractivity contribution in [2.45, 2.75) is 13.5 Å². The van der Waals surface area contributed by atoms with E-state index in [0.29, 0.717) is 19.6 Å². The Balaban J connectivity index is 1.48. The number of hydrogen-bond donors (Lipinski definition) is 1. The van der Waals surface area contributed by atoms with E-state index in [9.17, 15) is 9.18 Å². The number of rotatable bonds is 3. The highest BCUT2D eigenvalue weighted by Gasteiger charge is 2.21. The number of aryl methyl sites for hydroxylation is 1. The van der Waals surface area contributed by atoms with Gasteiger partial charge in [0.1, 0.15) is 10.8 Å². The molecule has 7 heteroatoms. The average molecular weight is 334 g/mol. The summed E-state index contributed by atoms with van der Waals surface area (Å²) in [5.74, 6) is -0.232. The topological polar surface area (TPSA) is 48.5 Å². The van der Waals surface area contributed by atoms with Crippen LogP contribution in [0.1, 0.15) is 10.7 Å². The second-order valence-corrected chi connectivity index (χ2v) is 6.43. The summed E-state index contributed by atoms with van der Waals surface area (Å²) in [7, 11) is 0. The van der Waals surface area contributed by atoms with Crippen LogP contribution >= 0.6 is 11.3 Å². The van der Waals surface area contributed by atoms with Crippen LogP contribution in [-0.4, -0.2) is 42.1 Å². The van der Waals surface area contributed by atoms with Crippen molar-refractivity contribution in [3.05, 3.63) is 46.2 Å². The standard InChI is InChI=1S/C16H19FN4OS/c1-12-11-23-15(19-12)10-18-16(22)21-8-6-20(7-9-21)14-4-2-13(17)3-5-14/h2-5,11H,6-10H2,1H3,(H,18,22). The quantitative estimate of drug-likeness (QED) is 0.939. The number of urea groups is 1. The van der Waals surface area contributed by atoms with Crippen LogP contribution < -0.4 is 10.2 Å². The molecule has 1 aromatic heterocycles. The highest BCUT2D eigenvalue weighted by atomic mass is 32.1. The third-order valence-electron chi connectivity index (χ3n) is 3.82. The molecule has 0 spiro atoms. The molecule has 1 fully saturated rings. The molecule has 0 radical (unpaired) electrons. The minimum absolute atomic E-state index is 0.0587. The minimum Gasteiger partial charge on any atom is -0.368 e. The number of piperazine rings is 1. The molecule has 3 rings (SSSR count). The minimum atomic E-state index is -0.232. The van der Waals surface area contributed by atoms with Gasteiger partial charge in [-0.3, -0.25) is 0 Å². The molecule has 2 aromatic rings. The van der Waals surface area contributed by atoms with Crippen molar-refractivity contribution in [1.29, 1.82) is 0 Å². The van der Waals surface area contributed by atoms with Crippen LogP contribution in [0, 0.1) is 12.7 Å². The van der Waals surface area contributed by atoms with Gasteiger partial charge in [-0.25, -0.2) is 14.2 Å². The molecule has 0 atom stereocenters. The molecule has 2 amide bonds. The van der Waals surface area contributed by atoms with Gasteiger partial charge >= 0.3 is 6.03 Å².